The second-order valence-electron chi connectivity index (χ2n) is 5.20. The van der Waals surface area contributed by atoms with Gasteiger partial charge < -0.3 is 9.64 Å². The van der Waals surface area contributed by atoms with Crippen LogP contribution < -0.4 is 9.64 Å². The summed E-state index contributed by atoms with van der Waals surface area (Å²) in [7, 11) is 3.32. The lowest BCUT2D eigenvalue weighted by molar-refractivity contribution is -0.274. The van der Waals surface area contributed by atoms with Gasteiger partial charge in [0.15, 0.2) is 0 Å². The second-order valence-corrected chi connectivity index (χ2v) is 5.20. The van der Waals surface area contributed by atoms with Crippen LogP contribution in [0.4, 0.5) is 32.0 Å². The van der Waals surface area contributed by atoms with E-state index in [2.05, 4.69) is 4.74 Å². The van der Waals surface area contributed by atoms with Gasteiger partial charge in [0, 0.05) is 25.3 Å². The molecule has 130 valence electrons. The monoisotopic (exact) mass is 349 g/mol. The third-order valence-electron chi connectivity index (χ3n) is 3.20. The lowest BCUT2D eigenvalue weighted by Gasteiger charge is -2.20. The van der Waals surface area contributed by atoms with Crippen LogP contribution in [0.1, 0.15) is 5.56 Å². The van der Waals surface area contributed by atoms with Crippen molar-refractivity contribution in [3.05, 3.63) is 48.0 Å². The SMILES string of the molecule is CN(C)c1ccc(C(F)(F)F)cc1-c1ccc(OC(F)(F)F)cc1. The zero-order valence-corrected chi connectivity index (χ0v) is 12.7. The number of nitrogens with zero attached hydrogens (tertiary/aromatic N) is 1. The van der Waals surface area contributed by atoms with E-state index in [1.54, 1.807) is 19.0 Å². The first-order valence-electron chi connectivity index (χ1n) is 6.72. The predicted octanol–water partition coefficient (Wildman–Crippen LogP) is 5.34. The third kappa shape index (κ3) is 4.33. The van der Waals surface area contributed by atoms with Crippen molar-refractivity contribution >= 4 is 5.69 Å². The van der Waals surface area contributed by atoms with Crippen molar-refractivity contribution < 1.29 is 31.1 Å². The molecule has 2 rings (SSSR count). The summed E-state index contributed by atoms with van der Waals surface area (Å²) in [6.45, 7) is 0. The molecule has 0 N–H and O–H groups in total. The lowest BCUT2D eigenvalue weighted by Crippen LogP contribution is -2.17. The molecule has 0 bridgehead atoms. The summed E-state index contributed by atoms with van der Waals surface area (Å²) in [5, 5.41) is 0. The molecule has 0 amide bonds. The molecule has 0 unspecified atom stereocenters. The smallest absolute Gasteiger partial charge is 0.406 e. The molecule has 2 aromatic carbocycles. The van der Waals surface area contributed by atoms with Crippen LogP contribution >= 0.6 is 0 Å². The molecule has 8 heteroatoms. The molecule has 0 aliphatic carbocycles. The standard InChI is InChI=1S/C16H13F6NO/c1-23(2)14-8-5-11(15(17,18)19)9-13(14)10-3-6-12(7-4-10)24-16(20,21)22/h3-9H,1-2H3. The normalized spacial score (nSPS) is 12.2. The van der Waals surface area contributed by atoms with E-state index < -0.39 is 23.9 Å². The highest BCUT2D eigenvalue weighted by Crippen LogP contribution is 2.37. The number of hydrogen-bond acceptors (Lipinski definition) is 2. The van der Waals surface area contributed by atoms with E-state index in [0.717, 1.165) is 24.3 Å². The fourth-order valence-electron chi connectivity index (χ4n) is 2.17. The highest BCUT2D eigenvalue weighted by Gasteiger charge is 2.32. The number of rotatable bonds is 3. The van der Waals surface area contributed by atoms with Gasteiger partial charge in [-0.1, -0.05) is 12.1 Å². The van der Waals surface area contributed by atoms with Crippen molar-refractivity contribution in [3.8, 4) is 16.9 Å². The summed E-state index contributed by atoms with van der Waals surface area (Å²) in [6, 6.07) is 7.92. The molecule has 0 spiro atoms. The number of alkyl halides is 6. The Kier molecular flexibility index (Phi) is 4.68. The largest absolute Gasteiger partial charge is 0.573 e. The zero-order chi connectivity index (χ0) is 18.1. The van der Waals surface area contributed by atoms with Gasteiger partial charge in [0.1, 0.15) is 5.75 Å². The van der Waals surface area contributed by atoms with Crippen molar-refractivity contribution in [1.29, 1.82) is 0 Å². The van der Waals surface area contributed by atoms with E-state index in [1.807, 2.05) is 0 Å². The summed E-state index contributed by atoms with van der Waals surface area (Å²) < 4.78 is 79.0. The van der Waals surface area contributed by atoms with Gasteiger partial charge in [0.05, 0.1) is 5.56 Å². The number of benzene rings is 2. The van der Waals surface area contributed by atoms with Gasteiger partial charge in [0.2, 0.25) is 0 Å². The van der Waals surface area contributed by atoms with Crippen LogP contribution in [-0.4, -0.2) is 20.5 Å². The van der Waals surface area contributed by atoms with E-state index in [1.165, 1.54) is 18.2 Å². The third-order valence-corrected chi connectivity index (χ3v) is 3.20. The highest BCUT2D eigenvalue weighted by molar-refractivity contribution is 5.79. The summed E-state index contributed by atoms with van der Waals surface area (Å²) in [5.74, 6) is -0.440. The Morgan fingerprint density at radius 2 is 1.42 bits per heavy atom. The van der Waals surface area contributed by atoms with Crippen LogP contribution in [0.5, 0.6) is 5.75 Å². The second kappa shape index (κ2) is 6.26. The Morgan fingerprint density at radius 1 is 0.833 bits per heavy atom. The number of ether oxygens (including phenoxy) is 1. The number of anilines is 1. The summed E-state index contributed by atoms with van der Waals surface area (Å²) >= 11 is 0. The van der Waals surface area contributed by atoms with Crippen molar-refractivity contribution in [2.24, 2.45) is 0 Å². The average Bonchev–Trinajstić information content (AvgIpc) is 2.44. The molecule has 0 saturated heterocycles. The van der Waals surface area contributed by atoms with Crippen molar-refractivity contribution in [2.75, 3.05) is 19.0 Å². The van der Waals surface area contributed by atoms with Crippen LogP contribution in [0.3, 0.4) is 0 Å². The van der Waals surface area contributed by atoms with Crippen LogP contribution in [0.25, 0.3) is 11.1 Å². The fourth-order valence-corrected chi connectivity index (χ4v) is 2.17. The number of hydrogen-bond donors (Lipinski definition) is 0. The van der Waals surface area contributed by atoms with Gasteiger partial charge >= 0.3 is 12.5 Å². The molecule has 24 heavy (non-hydrogen) atoms. The topological polar surface area (TPSA) is 12.5 Å². The van der Waals surface area contributed by atoms with Gasteiger partial charge in [0.25, 0.3) is 0 Å². The maximum Gasteiger partial charge on any atom is 0.573 e. The van der Waals surface area contributed by atoms with Crippen LogP contribution in [0.15, 0.2) is 42.5 Å². The Morgan fingerprint density at radius 3 is 1.88 bits per heavy atom. The Labute approximate surface area is 134 Å². The first-order chi connectivity index (χ1) is 11.0. The maximum atomic E-state index is 12.9. The zero-order valence-electron chi connectivity index (χ0n) is 12.7. The summed E-state index contributed by atoms with van der Waals surface area (Å²) in [5.41, 5.74) is 0.277. The lowest BCUT2D eigenvalue weighted by atomic mass is 10.00. The Balaban J connectivity index is 2.46. The van der Waals surface area contributed by atoms with Crippen LogP contribution in [0.2, 0.25) is 0 Å². The van der Waals surface area contributed by atoms with Gasteiger partial charge in [-0.25, -0.2) is 0 Å². The number of halogens is 6. The molecule has 2 nitrogen and oxygen atoms in total. The van der Waals surface area contributed by atoms with Crippen molar-refractivity contribution in [3.63, 3.8) is 0 Å². The fraction of sp³-hybridized carbons (Fsp3) is 0.250. The molecule has 0 saturated carbocycles. The first-order valence-corrected chi connectivity index (χ1v) is 6.72. The van der Waals surface area contributed by atoms with Crippen LogP contribution in [0, 0.1) is 0 Å². The molecule has 0 atom stereocenters. The van der Waals surface area contributed by atoms with Crippen LogP contribution in [-0.2, 0) is 6.18 Å². The molecule has 0 aliphatic heterocycles. The van der Waals surface area contributed by atoms with Crippen molar-refractivity contribution in [1.82, 2.24) is 0 Å². The van der Waals surface area contributed by atoms with Gasteiger partial charge in [-0.05, 0) is 35.9 Å². The van der Waals surface area contributed by atoms with E-state index in [9.17, 15) is 26.3 Å². The van der Waals surface area contributed by atoms with E-state index in [4.69, 9.17) is 0 Å². The summed E-state index contributed by atoms with van der Waals surface area (Å²) in [4.78, 5) is 1.62. The molecule has 0 aromatic heterocycles. The van der Waals surface area contributed by atoms with Gasteiger partial charge in [-0.2, -0.15) is 13.2 Å². The minimum atomic E-state index is -4.83. The molecule has 0 heterocycles. The average molecular weight is 349 g/mol. The van der Waals surface area contributed by atoms with E-state index in [0.29, 0.717) is 11.3 Å². The molecular weight excluding hydrogens is 336 g/mol. The molecule has 0 aliphatic rings. The quantitative estimate of drug-likeness (QED) is 0.694. The minimum Gasteiger partial charge on any atom is -0.406 e. The molecule has 0 radical (unpaired) electrons. The molecular formula is C16H13F6NO. The van der Waals surface area contributed by atoms with Gasteiger partial charge in [-0.15, -0.1) is 13.2 Å². The highest BCUT2D eigenvalue weighted by atomic mass is 19.4. The van der Waals surface area contributed by atoms with E-state index in [-0.39, 0.29) is 5.56 Å². The Hall–Kier alpha value is -2.38. The first kappa shape index (κ1) is 18.0. The van der Waals surface area contributed by atoms with E-state index >= 15 is 0 Å². The predicted molar refractivity (Wildman–Crippen MR) is 77.9 cm³/mol. The molecule has 2 aromatic rings. The van der Waals surface area contributed by atoms with Crippen molar-refractivity contribution in [2.45, 2.75) is 12.5 Å². The van der Waals surface area contributed by atoms with Gasteiger partial charge in [-0.3, -0.25) is 0 Å². The maximum absolute atomic E-state index is 12.9. The Bertz CT molecular complexity index is 704. The molecule has 0 fully saturated rings. The minimum absolute atomic E-state index is 0.258. The summed E-state index contributed by atoms with van der Waals surface area (Å²) in [6.07, 6.45) is -9.34.